The number of hydrogen-bond acceptors (Lipinski definition) is 3. The van der Waals surface area contributed by atoms with Gasteiger partial charge in [-0.1, -0.05) is 42.7 Å². The lowest BCUT2D eigenvalue weighted by molar-refractivity contribution is -0.140. The van der Waals surface area contributed by atoms with E-state index in [1.807, 2.05) is 38.1 Å². The second kappa shape index (κ2) is 7.38. The quantitative estimate of drug-likeness (QED) is 0.837. The van der Waals surface area contributed by atoms with Gasteiger partial charge in [-0.15, -0.1) is 0 Å². The van der Waals surface area contributed by atoms with Crippen molar-refractivity contribution in [2.75, 3.05) is 6.54 Å². The summed E-state index contributed by atoms with van der Waals surface area (Å²) in [6, 6.07) is 7.93. The molecule has 1 aromatic carbocycles. The van der Waals surface area contributed by atoms with Crippen LogP contribution in [0.25, 0.3) is 0 Å². The van der Waals surface area contributed by atoms with Crippen LogP contribution in [0.3, 0.4) is 0 Å². The average molecular weight is 342 g/mol. The van der Waals surface area contributed by atoms with Gasteiger partial charge < -0.3 is 5.32 Å². The number of nitrogens with one attached hydrogen (secondary N) is 1. The third-order valence-electron chi connectivity index (χ3n) is 5.45. The van der Waals surface area contributed by atoms with Gasteiger partial charge in [-0.2, -0.15) is 0 Å². The number of nitrogens with zero attached hydrogens (tertiary/aromatic N) is 1. The first-order chi connectivity index (χ1) is 12.0. The van der Waals surface area contributed by atoms with Crippen LogP contribution >= 0.6 is 0 Å². The van der Waals surface area contributed by atoms with Crippen molar-refractivity contribution in [2.45, 2.75) is 52.0 Å². The number of amides is 3. The molecule has 0 radical (unpaired) electrons. The van der Waals surface area contributed by atoms with Crippen LogP contribution in [0.4, 0.5) is 0 Å². The zero-order valence-corrected chi connectivity index (χ0v) is 15.0. The topological polar surface area (TPSA) is 66.5 Å². The van der Waals surface area contributed by atoms with Crippen LogP contribution in [0.2, 0.25) is 0 Å². The molecule has 1 heterocycles. The SMILES string of the molecule is Cc1ccc(C(C)NC(=O)CCN2C(=O)C3CCCCC3C2=O)cc1. The predicted molar refractivity (Wildman–Crippen MR) is 94.5 cm³/mol. The maximum absolute atomic E-state index is 12.4. The summed E-state index contributed by atoms with van der Waals surface area (Å²) in [5, 5.41) is 2.94. The first kappa shape index (κ1) is 17.6. The van der Waals surface area contributed by atoms with E-state index in [1.165, 1.54) is 10.5 Å². The van der Waals surface area contributed by atoms with Crippen LogP contribution in [0.1, 0.15) is 56.2 Å². The zero-order chi connectivity index (χ0) is 18.0. The van der Waals surface area contributed by atoms with Gasteiger partial charge in [-0.05, 0) is 32.3 Å². The third kappa shape index (κ3) is 3.75. The van der Waals surface area contributed by atoms with Gasteiger partial charge in [-0.3, -0.25) is 19.3 Å². The van der Waals surface area contributed by atoms with Gasteiger partial charge in [0.15, 0.2) is 0 Å². The molecule has 5 heteroatoms. The predicted octanol–water partition coefficient (Wildman–Crippen LogP) is 2.74. The highest BCUT2D eigenvalue weighted by Gasteiger charge is 2.47. The summed E-state index contributed by atoms with van der Waals surface area (Å²) in [6.07, 6.45) is 3.81. The van der Waals surface area contributed by atoms with Crippen LogP contribution < -0.4 is 5.32 Å². The number of hydrogen-bond donors (Lipinski definition) is 1. The third-order valence-corrected chi connectivity index (χ3v) is 5.45. The molecule has 2 fully saturated rings. The molecule has 1 aromatic rings. The molecule has 0 aromatic heterocycles. The van der Waals surface area contributed by atoms with E-state index in [1.54, 1.807) is 0 Å². The fraction of sp³-hybridized carbons (Fsp3) is 0.550. The first-order valence-corrected chi connectivity index (χ1v) is 9.18. The van der Waals surface area contributed by atoms with Gasteiger partial charge in [0.25, 0.3) is 0 Å². The van der Waals surface area contributed by atoms with E-state index in [4.69, 9.17) is 0 Å². The Hall–Kier alpha value is -2.17. The van der Waals surface area contributed by atoms with E-state index >= 15 is 0 Å². The van der Waals surface area contributed by atoms with Crippen molar-refractivity contribution >= 4 is 17.7 Å². The number of rotatable bonds is 5. The molecule has 1 aliphatic heterocycles. The summed E-state index contributed by atoms with van der Waals surface area (Å²) >= 11 is 0. The van der Waals surface area contributed by atoms with Crippen LogP contribution in [0.15, 0.2) is 24.3 Å². The lowest BCUT2D eigenvalue weighted by atomic mass is 9.81. The lowest BCUT2D eigenvalue weighted by Crippen LogP contribution is -2.36. The van der Waals surface area contributed by atoms with Gasteiger partial charge in [-0.25, -0.2) is 0 Å². The molecule has 3 amide bonds. The van der Waals surface area contributed by atoms with Crippen molar-refractivity contribution in [1.82, 2.24) is 10.2 Å². The summed E-state index contributed by atoms with van der Waals surface area (Å²) in [6.45, 7) is 4.15. The second-order valence-corrected chi connectivity index (χ2v) is 7.28. The van der Waals surface area contributed by atoms with Crippen molar-refractivity contribution in [3.8, 4) is 0 Å². The number of aryl methyl sites for hydroxylation is 1. The average Bonchev–Trinajstić information content (AvgIpc) is 2.85. The van der Waals surface area contributed by atoms with Crippen molar-refractivity contribution < 1.29 is 14.4 Å². The van der Waals surface area contributed by atoms with E-state index < -0.39 is 0 Å². The monoisotopic (exact) mass is 342 g/mol. The van der Waals surface area contributed by atoms with Crippen LogP contribution in [0.5, 0.6) is 0 Å². The van der Waals surface area contributed by atoms with Gasteiger partial charge in [0.2, 0.25) is 17.7 Å². The fourth-order valence-electron chi connectivity index (χ4n) is 3.92. The van der Waals surface area contributed by atoms with Crippen molar-refractivity contribution in [3.63, 3.8) is 0 Å². The molecule has 134 valence electrons. The Kier molecular flexibility index (Phi) is 5.21. The van der Waals surface area contributed by atoms with E-state index in [9.17, 15) is 14.4 Å². The molecule has 25 heavy (non-hydrogen) atoms. The zero-order valence-electron chi connectivity index (χ0n) is 15.0. The molecule has 0 bridgehead atoms. The van der Waals surface area contributed by atoms with E-state index in [0.29, 0.717) is 0 Å². The second-order valence-electron chi connectivity index (χ2n) is 7.28. The van der Waals surface area contributed by atoms with Gasteiger partial charge in [0, 0.05) is 13.0 Å². The van der Waals surface area contributed by atoms with Crippen molar-refractivity contribution in [1.29, 1.82) is 0 Å². The highest BCUT2D eigenvalue weighted by atomic mass is 16.2. The molecule has 3 atom stereocenters. The molecule has 3 rings (SSSR count). The Balaban J connectivity index is 1.52. The molecule has 3 unspecified atom stereocenters. The number of carbonyl (C=O) groups excluding carboxylic acids is 3. The Bertz CT molecular complexity index is 644. The molecule has 1 saturated heterocycles. The molecule has 5 nitrogen and oxygen atoms in total. The van der Waals surface area contributed by atoms with Crippen molar-refractivity contribution in [2.24, 2.45) is 11.8 Å². The van der Waals surface area contributed by atoms with Crippen LogP contribution in [0, 0.1) is 18.8 Å². The minimum Gasteiger partial charge on any atom is -0.350 e. The summed E-state index contributed by atoms with van der Waals surface area (Å²) in [5.74, 6) is -0.571. The fourth-order valence-corrected chi connectivity index (χ4v) is 3.92. The Labute approximate surface area is 148 Å². The Morgan fingerprint density at radius 3 is 2.24 bits per heavy atom. The number of imide groups is 1. The largest absolute Gasteiger partial charge is 0.350 e. The lowest BCUT2D eigenvalue weighted by Gasteiger charge is -2.19. The van der Waals surface area contributed by atoms with E-state index in [2.05, 4.69) is 5.32 Å². The van der Waals surface area contributed by atoms with Crippen molar-refractivity contribution in [3.05, 3.63) is 35.4 Å². The molecule has 0 spiro atoms. The molecule has 1 saturated carbocycles. The molecule has 1 N–H and O–H groups in total. The molecular formula is C20H26N2O3. The number of fused-ring (bicyclic) bond motifs is 1. The molecule has 2 aliphatic rings. The smallest absolute Gasteiger partial charge is 0.233 e. The Morgan fingerprint density at radius 1 is 1.12 bits per heavy atom. The minimum atomic E-state index is -0.143. The summed E-state index contributed by atoms with van der Waals surface area (Å²) < 4.78 is 0. The number of benzene rings is 1. The van der Waals surface area contributed by atoms with Gasteiger partial charge in [0.1, 0.15) is 0 Å². The molecular weight excluding hydrogens is 316 g/mol. The normalized spacial score (nSPS) is 24.2. The summed E-state index contributed by atoms with van der Waals surface area (Å²) in [7, 11) is 0. The summed E-state index contributed by atoms with van der Waals surface area (Å²) in [4.78, 5) is 38.4. The van der Waals surface area contributed by atoms with Gasteiger partial charge in [0.05, 0.1) is 17.9 Å². The Morgan fingerprint density at radius 2 is 1.68 bits per heavy atom. The minimum absolute atomic E-state index is 0.0749. The van der Waals surface area contributed by atoms with E-state index in [-0.39, 0.29) is 48.6 Å². The highest BCUT2D eigenvalue weighted by molar-refractivity contribution is 6.05. The maximum atomic E-state index is 12.4. The van der Waals surface area contributed by atoms with Crippen LogP contribution in [-0.4, -0.2) is 29.2 Å². The van der Waals surface area contributed by atoms with E-state index in [0.717, 1.165) is 31.2 Å². The van der Waals surface area contributed by atoms with Crippen LogP contribution in [-0.2, 0) is 14.4 Å². The highest BCUT2D eigenvalue weighted by Crippen LogP contribution is 2.37. The standard InChI is InChI=1S/C20H26N2O3/c1-13-7-9-15(10-8-13)14(2)21-18(23)11-12-22-19(24)16-5-3-4-6-17(16)20(22)25/h7-10,14,16-17H,3-6,11-12H2,1-2H3,(H,21,23). The molecule has 1 aliphatic carbocycles. The summed E-state index contributed by atoms with van der Waals surface area (Å²) in [5.41, 5.74) is 2.22. The first-order valence-electron chi connectivity index (χ1n) is 9.18. The van der Waals surface area contributed by atoms with Gasteiger partial charge >= 0.3 is 0 Å². The number of likely N-dealkylation sites (tertiary alicyclic amines) is 1. The number of carbonyl (C=O) groups is 3. The maximum Gasteiger partial charge on any atom is 0.233 e.